The van der Waals surface area contributed by atoms with Crippen molar-refractivity contribution >= 4 is 12.3 Å². The molecule has 0 aliphatic heterocycles. The van der Waals surface area contributed by atoms with Crippen LogP contribution in [0.3, 0.4) is 0 Å². The van der Waals surface area contributed by atoms with E-state index in [1.54, 1.807) is 19.9 Å². The molecule has 0 aromatic rings. The molecule has 0 heterocycles. The monoisotopic (exact) mass is 156 g/mol. The Morgan fingerprint density at radius 1 is 1.55 bits per heavy atom. The van der Waals surface area contributed by atoms with Crippen LogP contribution in [0, 0.1) is 5.92 Å². The highest BCUT2D eigenvalue weighted by Gasteiger charge is 2.09. The molecule has 0 bridgehead atoms. The van der Waals surface area contributed by atoms with E-state index in [9.17, 15) is 9.59 Å². The summed E-state index contributed by atoms with van der Waals surface area (Å²) >= 11 is 0. The normalized spacial score (nSPS) is 13.9. The fourth-order valence-electron chi connectivity index (χ4n) is 0.688. The van der Waals surface area contributed by atoms with Crippen LogP contribution < -0.4 is 0 Å². The average molecular weight is 156 g/mol. The van der Waals surface area contributed by atoms with Crippen LogP contribution in [0.15, 0.2) is 11.6 Å². The van der Waals surface area contributed by atoms with Crippen molar-refractivity contribution in [2.24, 2.45) is 5.92 Å². The van der Waals surface area contributed by atoms with E-state index < -0.39 is 0 Å². The van der Waals surface area contributed by atoms with Gasteiger partial charge in [-0.15, -0.1) is 0 Å². The molecule has 0 aromatic carbocycles. The van der Waals surface area contributed by atoms with Gasteiger partial charge in [0.25, 0.3) is 0 Å². The number of carbonyl (C=O) groups is 2. The maximum atomic E-state index is 10.8. The van der Waals surface area contributed by atoms with E-state index in [0.29, 0.717) is 11.9 Å². The molecule has 0 saturated carbocycles. The lowest BCUT2D eigenvalue weighted by atomic mass is 10.1. The van der Waals surface area contributed by atoms with Gasteiger partial charge in [0.2, 0.25) is 0 Å². The summed E-state index contributed by atoms with van der Waals surface area (Å²) in [4.78, 5) is 20.9. The molecule has 0 aliphatic carbocycles. The Morgan fingerprint density at radius 3 is 2.45 bits per heavy atom. The SMILES string of the molecule is COC(=O)[C@H](C)/C=C(/C)C=O. The van der Waals surface area contributed by atoms with Crippen LogP contribution in [0.5, 0.6) is 0 Å². The summed E-state index contributed by atoms with van der Waals surface area (Å²) in [5.41, 5.74) is 0.544. The molecule has 11 heavy (non-hydrogen) atoms. The molecule has 0 saturated heterocycles. The molecule has 62 valence electrons. The number of aldehydes is 1. The van der Waals surface area contributed by atoms with Gasteiger partial charge in [0.1, 0.15) is 6.29 Å². The molecule has 0 unspecified atom stereocenters. The Bertz CT molecular complexity index is 182. The van der Waals surface area contributed by atoms with Gasteiger partial charge >= 0.3 is 5.97 Å². The maximum Gasteiger partial charge on any atom is 0.312 e. The second kappa shape index (κ2) is 4.66. The molecule has 3 nitrogen and oxygen atoms in total. The Morgan fingerprint density at radius 2 is 2.09 bits per heavy atom. The molecule has 0 N–H and O–H groups in total. The van der Waals surface area contributed by atoms with Crippen LogP contribution in [-0.4, -0.2) is 19.4 Å². The number of rotatable bonds is 3. The van der Waals surface area contributed by atoms with Gasteiger partial charge in [-0.2, -0.15) is 0 Å². The minimum absolute atomic E-state index is 0.328. The van der Waals surface area contributed by atoms with Crippen molar-refractivity contribution in [2.75, 3.05) is 7.11 Å². The summed E-state index contributed by atoms with van der Waals surface area (Å²) in [6, 6.07) is 0. The molecule has 1 atom stereocenters. The van der Waals surface area contributed by atoms with E-state index >= 15 is 0 Å². The summed E-state index contributed by atoms with van der Waals surface area (Å²) in [7, 11) is 1.32. The highest BCUT2D eigenvalue weighted by molar-refractivity contribution is 5.78. The van der Waals surface area contributed by atoms with Crippen molar-refractivity contribution in [3.8, 4) is 0 Å². The fourth-order valence-corrected chi connectivity index (χ4v) is 0.688. The Kier molecular flexibility index (Phi) is 4.18. The molecular formula is C8H12O3. The van der Waals surface area contributed by atoms with Crippen molar-refractivity contribution in [2.45, 2.75) is 13.8 Å². The number of ether oxygens (including phenoxy) is 1. The zero-order chi connectivity index (χ0) is 8.85. The van der Waals surface area contributed by atoms with Gasteiger partial charge in [0.05, 0.1) is 13.0 Å². The summed E-state index contributed by atoms with van der Waals surface area (Å²) in [6.45, 7) is 3.32. The quantitative estimate of drug-likeness (QED) is 0.347. The van der Waals surface area contributed by atoms with Gasteiger partial charge in [0.15, 0.2) is 0 Å². The second-order valence-electron chi connectivity index (χ2n) is 2.34. The van der Waals surface area contributed by atoms with E-state index in [1.165, 1.54) is 7.11 Å². The van der Waals surface area contributed by atoms with Gasteiger partial charge in [0, 0.05) is 0 Å². The summed E-state index contributed by atoms with van der Waals surface area (Å²) in [6.07, 6.45) is 2.28. The van der Waals surface area contributed by atoms with Crippen molar-refractivity contribution < 1.29 is 14.3 Å². The Balaban J connectivity index is 4.15. The minimum Gasteiger partial charge on any atom is -0.469 e. The third-order valence-electron chi connectivity index (χ3n) is 1.27. The molecule has 0 aliphatic rings. The highest BCUT2D eigenvalue weighted by atomic mass is 16.5. The fraction of sp³-hybridized carbons (Fsp3) is 0.500. The van der Waals surface area contributed by atoms with Crippen LogP contribution in [0.2, 0.25) is 0 Å². The molecule has 3 heteroatoms. The number of allylic oxidation sites excluding steroid dienone is 1. The number of hydrogen-bond acceptors (Lipinski definition) is 3. The summed E-state index contributed by atoms with van der Waals surface area (Å²) in [5.74, 6) is -0.670. The first-order valence-corrected chi connectivity index (χ1v) is 3.33. The van der Waals surface area contributed by atoms with Crippen LogP contribution in [0.4, 0.5) is 0 Å². The molecule has 0 fully saturated rings. The lowest BCUT2D eigenvalue weighted by Crippen LogP contribution is -2.10. The van der Waals surface area contributed by atoms with Crippen LogP contribution in [0.25, 0.3) is 0 Å². The topological polar surface area (TPSA) is 43.4 Å². The van der Waals surface area contributed by atoms with Gasteiger partial charge in [-0.25, -0.2) is 0 Å². The number of esters is 1. The van der Waals surface area contributed by atoms with Crippen molar-refractivity contribution in [3.05, 3.63) is 11.6 Å². The van der Waals surface area contributed by atoms with Gasteiger partial charge < -0.3 is 4.74 Å². The first-order chi connectivity index (χ1) is 5.11. The molecule has 0 rings (SSSR count). The largest absolute Gasteiger partial charge is 0.469 e. The van der Waals surface area contributed by atoms with Gasteiger partial charge in [-0.3, -0.25) is 9.59 Å². The van der Waals surface area contributed by atoms with E-state index in [1.807, 2.05) is 0 Å². The predicted molar refractivity (Wildman–Crippen MR) is 41.0 cm³/mol. The van der Waals surface area contributed by atoms with Gasteiger partial charge in [-0.05, 0) is 19.4 Å². The lowest BCUT2D eigenvalue weighted by molar-refractivity contribution is -0.143. The predicted octanol–water partition coefficient (Wildman–Crippen LogP) is 0.941. The number of methoxy groups -OCH3 is 1. The third-order valence-corrected chi connectivity index (χ3v) is 1.27. The van der Waals surface area contributed by atoms with Crippen LogP contribution >= 0.6 is 0 Å². The molecule has 0 radical (unpaired) electrons. The third kappa shape index (κ3) is 3.55. The lowest BCUT2D eigenvalue weighted by Gasteiger charge is -2.02. The summed E-state index contributed by atoms with van der Waals surface area (Å²) < 4.78 is 4.46. The average Bonchev–Trinajstić information content (AvgIpc) is 2.02. The Labute approximate surface area is 66.0 Å². The number of hydrogen-bond donors (Lipinski definition) is 0. The van der Waals surface area contributed by atoms with E-state index in [2.05, 4.69) is 4.74 Å². The molecule has 0 spiro atoms. The van der Waals surface area contributed by atoms with Crippen molar-refractivity contribution in [3.63, 3.8) is 0 Å². The zero-order valence-electron chi connectivity index (χ0n) is 6.96. The van der Waals surface area contributed by atoms with Gasteiger partial charge in [-0.1, -0.05) is 6.08 Å². The summed E-state index contributed by atoms with van der Waals surface area (Å²) in [5, 5.41) is 0. The Hall–Kier alpha value is -1.12. The van der Waals surface area contributed by atoms with E-state index in [4.69, 9.17) is 0 Å². The van der Waals surface area contributed by atoms with Crippen molar-refractivity contribution in [1.82, 2.24) is 0 Å². The smallest absolute Gasteiger partial charge is 0.312 e. The maximum absolute atomic E-state index is 10.8. The number of carbonyl (C=O) groups excluding carboxylic acids is 2. The van der Waals surface area contributed by atoms with E-state index in [0.717, 1.165) is 0 Å². The standard InChI is InChI=1S/C8H12O3/c1-6(5-9)4-7(2)8(10)11-3/h4-5,7H,1-3H3/b6-4-/t7-/m1/s1. The van der Waals surface area contributed by atoms with Crippen LogP contribution in [-0.2, 0) is 14.3 Å². The minimum atomic E-state index is -0.342. The molecule has 0 aromatic heterocycles. The highest BCUT2D eigenvalue weighted by Crippen LogP contribution is 2.02. The first kappa shape index (κ1) is 9.88. The molecular weight excluding hydrogens is 144 g/mol. The second-order valence-corrected chi connectivity index (χ2v) is 2.34. The van der Waals surface area contributed by atoms with E-state index in [-0.39, 0.29) is 11.9 Å². The van der Waals surface area contributed by atoms with Crippen molar-refractivity contribution in [1.29, 1.82) is 0 Å². The molecule has 0 amide bonds. The zero-order valence-corrected chi connectivity index (χ0v) is 6.96. The van der Waals surface area contributed by atoms with Crippen LogP contribution in [0.1, 0.15) is 13.8 Å². The first-order valence-electron chi connectivity index (χ1n) is 3.33.